The number of H-pyrrole nitrogens is 1. The SMILES string of the molecule is Nc1n[nH]c(N)c1N=NCCc1cccc(S(N)(=O)=O)c1. The summed E-state index contributed by atoms with van der Waals surface area (Å²) in [5.74, 6) is 0.417. The summed E-state index contributed by atoms with van der Waals surface area (Å²) in [6.45, 7) is 0.345. The Morgan fingerprint density at radius 1 is 1.29 bits per heavy atom. The molecule has 1 aromatic carbocycles. The second-order valence-electron chi connectivity index (χ2n) is 4.28. The smallest absolute Gasteiger partial charge is 0.238 e. The lowest BCUT2D eigenvalue weighted by Crippen LogP contribution is -2.12. The van der Waals surface area contributed by atoms with Gasteiger partial charge >= 0.3 is 0 Å². The van der Waals surface area contributed by atoms with Gasteiger partial charge in [-0.15, -0.1) is 5.11 Å². The van der Waals surface area contributed by atoms with Gasteiger partial charge in [0, 0.05) is 0 Å². The molecule has 7 N–H and O–H groups in total. The third-order valence-corrected chi connectivity index (χ3v) is 3.60. The highest BCUT2D eigenvalue weighted by molar-refractivity contribution is 7.89. The van der Waals surface area contributed by atoms with Crippen molar-refractivity contribution >= 4 is 27.3 Å². The average Bonchev–Trinajstić information content (AvgIpc) is 2.74. The predicted molar refractivity (Wildman–Crippen MR) is 78.3 cm³/mol. The van der Waals surface area contributed by atoms with Crippen LogP contribution in [0.1, 0.15) is 5.56 Å². The summed E-state index contributed by atoms with van der Waals surface area (Å²) >= 11 is 0. The maximum atomic E-state index is 11.2. The molecule has 1 aromatic heterocycles. The number of primary sulfonamides is 1. The number of nitrogens with zero attached hydrogens (tertiary/aromatic N) is 3. The number of hydrogen-bond donors (Lipinski definition) is 4. The molecule has 2 rings (SSSR count). The highest BCUT2D eigenvalue weighted by atomic mass is 32.2. The van der Waals surface area contributed by atoms with E-state index in [0.29, 0.717) is 18.7 Å². The van der Waals surface area contributed by atoms with Crippen LogP contribution in [0.5, 0.6) is 0 Å². The Balaban J connectivity index is 2.01. The molecule has 21 heavy (non-hydrogen) atoms. The molecule has 112 valence electrons. The molecule has 0 spiro atoms. The standard InChI is InChI=1S/C11H15N7O2S/c12-10-9(11(13)18-17-10)16-15-5-4-7-2-1-3-8(6-7)21(14,19)20/h1-3,6H,4-5H2,(H2,14,19,20)(H5,12,13,17,18). The van der Waals surface area contributed by atoms with Crippen LogP contribution in [-0.2, 0) is 16.4 Å². The third kappa shape index (κ3) is 3.77. The molecule has 0 aliphatic heterocycles. The number of aromatic nitrogens is 2. The van der Waals surface area contributed by atoms with E-state index in [1.54, 1.807) is 12.1 Å². The summed E-state index contributed by atoms with van der Waals surface area (Å²) < 4.78 is 22.5. The Morgan fingerprint density at radius 2 is 2.05 bits per heavy atom. The average molecular weight is 309 g/mol. The van der Waals surface area contributed by atoms with Crippen LogP contribution >= 0.6 is 0 Å². The number of nitrogens with two attached hydrogens (primary N) is 3. The van der Waals surface area contributed by atoms with Crippen LogP contribution in [0.4, 0.5) is 17.3 Å². The molecule has 0 saturated heterocycles. The van der Waals surface area contributed by atoms with E-state index in [-0.39, 0.29) is 16.5 Å². The molecule has 10 heteroatoms. The van der Waals surface area contributed by atoms with Crippen molar-refractivity contribution in [1.82, 2.24) is 10.2 Å². The van der Waals surface area contributed by atoms with Gasteiger partial charge in [0.15, 0.2) is 11.5 Å². The van der Waals surface area contributed by atoms with Crippen LogP contribution in [0.25, 0.3) is 0 Å². The molecule has 0 amide bonds. The number of benzene rings is 1. The lowest BCUT2D eigenvalue weighted by molar-refractivity contribution is 0.597. The molecule has 0 aliphatic carbocycles. The van der Waals surface area contributed by atoms with Crippen molar-refractivity contribution < 1.29 is 8.42 Å². The second kappa shape index (κ2) is 5.89. The molecule has 0 unspecified atom stereocenters. The van der Waals surface area contributed by atoms with Crippen molar-refractivity contribution in [1.29, 1.82) is 0 Å². The van der Waals surface area contributed by atoms with Crippen molar-refractivity contribution in [3.05, 3.63) is 29.8 Å². The minimum Gasteiger partial charge on any atom is -0.382 e. The summed E-state index contributed by atoms with van der Waals surface area (Å²) in [6, 6.07) is 6.35. The Hall–Kier alpha value is -2.46. The Kier molecular flexibility index (Phi) is 4.19. The molecule has 0 atom stereocenters. The maximum Gasteiger partial charge on any atom is 0.238 e. The zero-order chi connectivity index (χ0) is 15.5. The van der Waals surface area contributed by atoms with Gasteiger partial charge < -0.3 is 11.5 Å². The molecule has 0 saturated carbocycles. The van der Waals surface area contributed by atoms with Gasteiger partial charge in [0.25, 0.3) is 0 Å². The van der Waals surface area contributed by atoms with Crippen molar-refractivity contribution in [2.24, 2.45) is 15.4 Å². The van der Waals surface area contributed by atoms with Crippen LogP contribution in [0.3, 0.4) is 0 Å². The van der Waals surface area contributed by atoms with Gasteiger partial charge in [0.05, 0.1) is 11.4 Å². The van der Waals surface area contributed by atoms with Gasteiger partial charge in [0.2, 0.25) is 10.0 Å². The van der Waals surface area contributed by atoms with Crippen LogP contribution in [0, 0.1) is 0 Å². The third-order valence-electron chi connectivity index (χ3n) is 2.69. The van der Waals surface area contributed by atoms with Crippen molar-refractivity contribution in [2.45, 2.75) is 11.3 Å². The van der Waals surface area contributed by atoms with Crippen molar-refractivity contribution in [3.8, 4) is 0 Å². The Bertz CT molecular complexity index is 747. The monoisotopic (exact) mass is 309 g/mol. The first-order valence-electron chi connectivity index (χ1n) is 5.96. The number of aromatic amines is 1. The molecule has 2 aromatic rings. The number of anilines is 2. The molecule has 0 bridgehead atoms. The van der Waals surface area contributed by atoms with Crippen molar-refractivity contribution in [3.63, 3.8) is 0 Å². The number of nitrogen functional groups attached to an aromatic ring is 2. The van der Waals surface area contributed by atoms with Crippen LogP contribution < -0.4 is 16.6 Å². The van der Waals surface area contributed by atoms with E-state index in [9.17, 15) is 8.42 Å². The zero-order valence-corrected chi connectivity index (χ0v) is 11.8. The van der Waals surface area contributed by atoms with Gasteiger partial charge in [-0.25, -0.2) is 13.6 Å². The van der Waals surface area contributed by atoms with Crippen LogP contribution in [0.15, 0.2) is 39.4 Å². The zero-order valence-electron chi connectivity index (χ0n) is 11.0. The normalized spacial score (nSPS) is 12.0. The summed E-state index contributed by atoms with van der Waals surface area (Å²) in [4.78, 5) is 0.0697. The topological polar surface area (TPSA) is 166 Å². The first-order valence-corrected chi connectivity index (χ1v) is 7.51. The first kappa shape index (κ1) is 14.9. The molecular formula is C11H15N7O2S. The summed E-state index contributed by atoms with van der Waals surface area (Å²) in [6.07, 6.45) is 0.504. The van der Waals surface area contributed by atoms with Gasteiger partial charge in [-0.3, -0.25) is 5.10 Å². The van der Waals surface area contributed by atoms with E-state index >= 15 is 0 Å². The first-order chi connectivity index (χ1) is 9.88. The number of sulfonamides is 1. The second-order valence-corrected chi connectivity index (χ2v) is 5.84. The van der Waals surface area contributed by atoms with Crippen molar-refractivity contribution in [2.75, 3.05) is 18.0 Å². The predicted octanol–water partition coefficient (Wildman–Crippen LogP) is 0.548. The van der Waals surface area contributed by atoms with E-state index in [1.165, 1.54) is 12.1 Å². The fourth-order valence-corrected chi connectivity index (χ4v) is 2.23. The largest absolute Gasteiger partial charge is 0.382 e. The summed E-state index contributed by atoms with van der Waals surface area (Å²) in [5.41, 5.74) is 12.2. The molecule has 9 nitrogen and oxygen atoms in total. The van der Waals surface area contributed by atoms with Crippen LogP contribution in [0.2, 0.25) is 0 Å². The molecule has 1 heterocycles. The summed E-state index contributed by atoms with van der Waals surface area (Å²) in [5, 5.41) is 19.1. The number of azo groups is 1. The Labute approximate surface area is 121 Å². The van der Waals surface area contributed by atoms with E-state index in [4.69, 9.17) is 16.6 Å². The van der Waals surface area contributed by atoms with Crippen LogP contribution in [-0.4, -0.2) is 25.2 Å². The molecular weight excluding hydrogens is 294 g/mol. The quantitative estimate of drug-likeness (QED) is 0.591. The van der Waals surface area contributed by atoms with Gasteiger partial charge in [-0.1, -0.05) is 12.1 Å². The maximum absolute atomic E-state index is 11.2. The Morgan fingerprint density at radius 3 is 2.67 bits per heavy atom. The fourth-order valence-electron chi connectivity index (χ4n) is 1.65. The van der Waals surface area contributed by atoms with E-state index < -0.39 is 10.0 Å². The molecule has 0 radical (unpaired) electrons. The van der Waals surface area contributed by atoms with Gasteiger partial charge in [-0.05, 0) is 24.1 Å². The number of nitrogens with one attached hydrogen (secondary N) is 1. The summed E-state index contributed by atoms with van der Waals surface area (Å²) in [7, 11) is -3.70. The van der Waals surface area contributed by atoms with Gasteiger partial charge in [-0.2, -0.15) is 10.2 Å². The fraction of sp³-hybridized carbons (Fsp3) is 0.182. The van der Waals surface area contributed by atoms with E-state index in [1.807, 2.05) is 0 Å². The molecule has 0 fully saturated rings. The highest BCUT2D eigenvalue weighted by Gasteiger charge is 2.08. The number of rotatable bonds is 5. The van der Waals surface area contributed by atoms with E-state index in [0.717, 1.165) is 5.56 Å². The minimum absolute atomic E-state index is 0.0697. The molecule has 0 aliphatic rings. The lowest BCUT2D eigenvalue weighted by Gasteiger charge is -2.01. The number of hydrogen-bond acceptors (Lipinski definition) is 7. The van der Waals surface area contributed by atoms with Gasteiger partial charge in [0.1, 0.15) is 5.82 Å². The minimum atomic E-state index is -3.70. The van der Waals surface area contributed by atoms with E-state index in [2.05, 4.69) is 20.4 Å². The highest BCUT2D eigenvalue weighted by Crippen LogP contribution is 2.26. The lowest BCUT2D eigenvalue weighted by atomic mass is 10.1.